The van der Waals surface area contributed by atoms with Crippen LogP contribution >= 0.6 is 0 Å². The highest BCUT2D eigenvalue weighted by Crippen LogP contribution is 2.21. The Labute approximate surface area is 145 Å². The molecule has 0 aliphatic carbocycles. The van der Waals surface area contributed by atoms with Crippen molar-refractivity contribution in [3.8, 4) is 0 Å². The summed E-state index contributed by atoms with van der Waals surface area (Å²) in [5.74, 6) is 0.270. The van der Waals surface area contributed by atoms with Crippen LogP contribution in [0.4, 0.5) is 0 Å². The molecule has 132 valence electrons. The van der Waals surface area contributed by atoms with Crippen molar-refractivity contribution < 1.29 is 9.59 Å². The van der Waals surface area contributed by atoms with Gasteiger partial charge in [0.2, 0.25) is 5.91 Å². The third kappa shape index (κ3) is 4.83. The van der Waals surface area contributed by atoms with E-state index in [4.69, 9.17) is 0 Å². The molecule has 0 aromatic heterocycles. The minimum atomic E-state index is -0.00167. The summed E-state index contributed by atoms with van der Waals surface area (Å²) in [5.41, 5.74) is 3.07. The predicted molar refractivity (Wildman–Crippen MR) is 97.1 cm³/mol. The van der Waals surface area contributed by atoms with Crippen LogP contribution in [0.5, 0.6) is 0 Å². The molecule has 0 atom stereocenters. The Hall–Kier alpha value is -1.84. The van der Waals surface area contributed by atoms with Gasteiger partial charge in [0, 0.05) is 38.2 Å². The first kappa shape index (κ1) is 18.5. The third-order valence-electron chi connectivity index (χ3n) is 4.57. The number of hydrogen-bond acceptors (Lipinski definition) is 2. The average Bonchev–Trinajstić information content (AvgIpc) is 2.73. The molecule has 2 amide bonds. The van der Waals surface area contributed by atoms with Crippen LogP contribution in [0.2, 0.25) is 0 Å². The van der Waals surface area contributed by atoms with Crippen LogP contribution in [-0.4, -0.2) is 47.8 Å². The Bertz CT molecular complexity index is 617. The van der Waals surface area contributed by atoms with Crippen LogP contribution in [0.1, 0.15) is 55.1 Å². The van der Waals surface area contributed by atoms with Gasteiger partial charge in [-0.3, -0.25) is 9.59 Å². The second-order valence-corrected chi connectivity index (χ2v) is 8.06. The molecule has 0 spiro atoms. The summed E-state index contributed by atoms with van der Waals surface area (Å²) in [5, 5.41) is 0. The summed E-state index contributed by atoms with van der Waals surface area (Å²) in [4.78, 5) is 29.0. The molecular formula is C20H30N2O2. The SMILES string of the molecule is Cc1ccc(C(=O)N2CCCN(C(=O)CC(C)(C)C)CC2)cc1C. The first-order valence-corrected chi connectivity index (χ1v) is 8.82. The molecule has 24 heavy (non-hydrogen) atoms. The van der Waals surface area contributed by atoms with Gasteiger partial charge in [0.05, 0.1) is 0 Å². The van der Waals surface area contributed by atoms with Gasteiger partial charge in [-0.25, -0.2) is 0 Å². The topological polar surface area (TPSA) is 40.6 Å². The maximum atomic E-state index is 12.7. The van der Waals surface area contributed by atoms with Gasteiger partial charge >= 0.3 is 0 Å². The smallest absolute Gasteiger partial charge is 0.253 e. The van der Waals surface area contributed by atoms with Gasteiger partial charge in [-0.1, -0.05) is 26.8 Å². The van der Waals surface area contributed by atoms with E-state index in [0.29, 0.717) is 26.1 Å². The number of rotatable bonds is 2. The largest absolute Gasteiger partial charge is 0.341 e. The van der Waals surface area contributed by atoms with Crippen molar-refractivity contribution in [2.24, 2.45) is 5.41 Å². The normalized spacial score (nSPS) is 16.0. The fraction of sp³-hybridized carbons (Fsp3) is 0.600. The summed E-state index contributed by atoms with van der Waals surface area (Å²) < 4.78 is 0. The van der Waals surface area contributed by atoms with E-state index in [1.54, 1.807) is 0 Å². The van der Waals surface area contributed by atoms with E-state index >= 15 is 0 Å². The molecule has 4 heteroatoms. The van der Waals surface area contributed by atoms with Crippen molar-refractivity contribution in [2.45, 2.75) is 47.5 Å². The van der Waals surface area contributed by atoms with E-state index in [1.165, 1.54) is 5.56 Å². The van der Waals surface area contributed by atoms with Crippen molar-refractivity contribution >= 4 is 11.8 Å². The van der Waals surface area contributed by atoms with Crippen LogP contribution in [0, 0.1) is 19.3 Å². The molecule has 2 rings (SSSR count). The van der Waals surface area contributed by atoms with Gasteiger partial charge in [-0.05, 0) is 48.9 Å². The van der Waals surface area contributed by atoms with Crippen molar-refractivity contribution in [1.29, 1.82) is 0 Å². The monoisotopic (exact) mass is 330 g/mol. The fourth-order valence-corrected chi connectivity index (χ4v) is 2.99. The quantitative estimate of drug-likeness (QED) is 0.834. The predicted octanol–water partition coefficient (Wildman–Crippen LogP) is 3.41. The molecule has 4 nitrogen and oxygen atoms in total. The number of amides is 2. The third-order valence-corrected chi connectivity index (χ3v) is 4.57. The highest BCUT2D eigenvalue weighted by atomic mass is 16.2. The Morgan fingerprint density at radius 3 is 2.21 bits per heavy atom. The Morgan fingerprint density at radius 2 is 1.58 bits per heavy atom. The van der Waals surface area contributed by atoms with E-state index in [2.05, 4.69) is 20.8 Å². The van der Waals surface area contributed by atoms with Gasteiger partial charge in [-0.15, -0.1) is 0 Å². The summed E-state index contributed by atoms with van der Waals surface area (Å²) in [7, 11) is 0. The minimum absolute atomic E-state index is 0.00167. The van der Waals surface area contributed by atoms with E-state index in [9.17, 15) is 9.59 Å². The van der Waals surface area contributed by atoms with Crippen molar-refractivity contribution in [1.82, 2.24) is 9.80 Å². The maximum Gasteiger partial charge on any atom is 0.253 e. The number of nitrogens with zero attached hydrogens (tertiary/aromatic N) is 2. The lowest BCUT2D eigenvalue weighted by Crippen LogP contribution is -2.38. The first-order chi connectivity index (χ1) is 11.2. The molecule has 0 saturated carbocycles. The second-order valence-electron chi connectivity index (χ2n) is 8.06. The molecule has 0 bridgehead atoms. The highest BCUT2D eigenvalue weighted by Gasteiger charge is 2.25. The molecular weight excluding hydrogens is 300 g/mol. The summed E-state index contributed by atoms with van der Waals surface area (Å²) in [6.07, 6.45) is 1.39. The zero-order valence-corrected chi connectivity index (χ0v) is 15.7. The van der Waals surface area contributed by atoms with E-state index in [-0.39, 0.29) is 17.2 Å². The minimum Gasteiger partial charge on any atom is -0.341 e. The number of carbonyl (C=O) groups excluding carboxylic acids is 2. The van der Waals surface area contributed by atoms with Crippen LogP contribution in [0.15, 0.2) is 18.2 Å². The zero-order valence-electron chi connectivity index (χ0n) is 15.7. The number of aryl methyl sites for hydroxylation is 2. The number of carbonyl (C=O) groups is 2. The van der Waals surface area contributed by atoms with Crippen LogP contribution in [0.25, 0.3) is 0 Å². The summed E-state index contributed by atoms with van der Waals surface area (Å²) >= 11 is 0. The fourth-order valence-electron chi connectivity index (χ4n) is 2.99. The van der Waals surface area contributed by atoms with Gasteiger partial charge in [-0.2, -0.15) is 0 Å². The highest BCUT2D eigenvalue weighted by molar-refractivity contribution is 5.94. The Morgan fingerprint density at radius 1 is 0.958 bits per heavy atom. The lowest BCUT2D eigenvalue weighted by molar-refractivity contribution is -0.132. The molecule has 1 heterocycles. The zero-order chi connectivity index (χ0) is 17.9. The molecule has 1 saturated heterocycles. The molecule has 0 unspecified atom stereocenters. The number of hydrogen-bond donors (Lipinski definition) is 0. The van der Waals surface area contributed by atoms with Gasteiger partial charge in [0.25, 0.3) is 5.91 Å². The van der Waals surface area contributed by atoms with Crippen LogP contribution < -0.4 is 0 Å². The van der Waals surface area contributed by atoms with E-state index < -0.39 is 0 Å². The first-order valence-electron chi connectivity index (χ1n) is 8.82. The molecule has 1 aromatic carbocycles. The Kier molecular flexibility index (Phi) is 5.68. The lowest BCUT2D eigenvalue weighted by Gasteiger charge is -2.26. The van der Waals surface area contributed by atoms with Gasteiger partial charge in [0.1, 0.15) is 0 Å². The van der Waals surface area contributed by atoms with E-state index in [0.717, 1.165) is 24.1 Å². The van der Waals surface area contributed by atoms with Crippen molar-refractivity contribution in [2.75, 3.05) is 26.2 Å². The van der Waals surface area contributed by atoms with Crippen molar-refractivity contribution in [3.05, 3.63) is 34.9 Å². The Balaban J connectivity index is 2.01. The standard InChI is InChI=1S/C20H30N2O2/c1-15-7-8-17(13-16(15)2)19(24)22-10-6-9-21(11-12-22)18(23)14-20(3,4)5/h7-8,13H,6,9-12,14H2,1-5H3. The molecule has 1 aliphatic heterocycles. The van der Waals surface area contributed by atoms with Crippen LogP contribution in [-0.2, 0) is 4.79 Å². The lowest BCUT2D eigenvalue weighted by atomic mass is 9.91. The maximum absolute atomic E-state index is 12.7. The number of benzene rings is 1. The molecule has 1 aliphatic rings. The van der Waals surface area contributed by atoms with Gasteiger partial charge < -0.3 is 9.80 Å². The van der Waals surface area contributed by atoms with Crippen LogP contribution in [0.3, 0.4) is 0 Å². The van der Waals surface area contributed by atoms with Crippen molar-refractivity contribution in [3.63, 3.8) is 0 Å². The molecule has 0 radical (unpaired) electrons. The summed E-state index contributed by atoms with van der Waals surface area (Å²) in [6, 6.07) is 5.86. The van der Waals surface area contributed by atoms with Gasteiger partial charge in [0.15, 0.2) is 0 Å². The molecule has 1 fully saturated rings. The summed E-state index contributed by atoms with van der Waals surface area (Å²) in [6.45, 7) is 13.0. The molecule has 0 N–H and O–H groups in total. The molecule has 1 aromatic rings. The second kappa shape index (κ2) is 7.37. The average molecular weight is 330 g/mol. The van der Waals surface area contributed by atoms with E-state index in [1.807, 2.05) is 41.8 Å².